The average Bonchev–Trinajstić information content (AvgIpc) is 2.99. The Kier molecular flexibility index (Phi) is 4.65. The highest BCUT2D eigenvalue weighted by Crippen LogP contribution is 2.28. The molecule has 2 aromatic carbocycles. The van der Waals surface area contributed by atoms with E-state index < -0.39 is 0 Å². The van der Waals surface area contributed by atoms with Gasteiger partial charge >= 0.3 is 0 Å². The summed E-state index contributed by atoms with van der Waals surface area (Å²) >= 11 is 0. The number of fused-ring (bicyclic) bond motifs is 1. The molecule has 4 aromatic rings. The maximum Gasteiger partial charge on any atom is 0.281 e. The zero-order valence-corrected chi connectivity index (χ0v) is 16.5. The maximum atomic E-state index is 13.3. The van der Waals surface area contributed by atoms with Crippen LogP contribution in [0.25, 0.3) is 22.1 Å². The van der Waals surface area contributed by atoms with Crippen LogP contribution in [0.2, 0.25) is 0 Å². The van der Waals surface area contributed by atoms with Gasteiger partial charge in [-0.15, -0.1) is 0 Å². The van der Waals surface area contributed by atoms with Crippen LogP contribution >= 0.6 is 0 Å². The SMILES string of the molecule is COc1cccc(-n2c(C)c3cnn(-c4cccc(CC#N)c4)c(=O)c3c2C)c1. The summed E-state index contributed by atoms with van der Waals surface area (Å²) < 4.78 is 8.79. The number of methoxy groups -OCH3 is 1. The molecule has 0 atom stereocenters. The molecule has 4 rings (SSSR count). The van der Waals surface area contributed by atoms with Crippen molar-refractivity contribution in [2.75, 3.05) is 7.11 Å². The Morgan fingerprint density at radius 3 is 2.59 bits per heavy atom. The fourth-order valence-corrected chi connectivity index (χ4v) is 3.77. The number of ether oxygens (including phenoxy) is 1. The van der Waals surface area contributed by atoms with E-state index in [2.05, 4.69) is 11.2 Å². The first-order valence-corrected chi connectivity index (χ1v) is 9.25. The summed E-state index contributed by atoms with van der Waals surface area (Å²) in [6.07, 6.45) is 2.02. The van der Waals surface area contributed by atoms with Crippen molar-refractivity contribution in [1.82, 2.24) is 14.3 Å². The molecule has 0 bridgehead atoms. The van der Waals surface area contributed by atoms with Crippen molar-refractivity contribution in [3.63, 3.8) is 0 Å². The van der Waals surface area contributed by atoms with Crippen molar-refractivity contribution in [3.8, 4) is 23.2 Å². The molecule has 0 saturated heterocycles. The summed E-state index contributed by atoms with van der Waals surface area (Å²) in [6, 6.07) is 17.2. The lowest BCUT2D eigenvalue weighted by Crippen LogP contribution is -2.21. The fourth-order valence-electron chi connectivity index (χ4n) is 3.77. The van der Waals surface area contributed by atoms with Gasteiger partial charge < -0.3 is 9.30 Å². The molecule has 6 heteroatoms. The highest BCUT2D eigenvalue weighted by atomic mass is 16.5. The van der Waals surface area contributed by atoms with Gasteiger partial charge in [-0.25, -0.2) is 0 Å². The van der Waals surface area contributed by atoms with E-state index in [1.165, 1.54) is 4.68 Å². The summed E-state index contributed by atoms with van der Waals surface area (Å²) in [5, 5.41) is 14.8. The maximum absolute atomic E-state index is 13.3. The third-order valence-corrected chi connectivity index (χ3v) is 5.15. The smallest absolute Gasteiger partial charge is 0.281 e. The number of hydrogen-bond acceptors (Lipinski definition) is 4. The van der Waals surface area contributed by atoms with Gasteiger partial charge in [0.2, 0.25) is 0 Å². The van der Waals surface area contributed by atoms with E-state index in [0.717, 1.165) is 33.8 Å². The molecule has 0 fully saturated rings. The van der Waals surface area contributed by atoms with Gasteiger partial charge in [0.15, 0.2) is 0 Å². The number of benzene rings is 2. The third-order valence-electron chi connectivity index (χ3n) is 5.15. The number of nitrogens with zero attached hydrogens (tertiary/aromatic N) is 4. The fraction of sp³-hybridized carbons (Fsp3) is 0.174. The van der Waals surface area contributed by atoms with Crippen LogP contribution in [0, 0.1) is 25.2 Å². The number of aromatic nitrogens is 3. The molecule has 0 aliphatic heterocycles. The first-order valence-electron chi connectivity index (χ1n) is 9.25. The number of rotatable bonds is 4. The minimum Gasteiger partial charge on any atom is -0.497 e. The van der Waals surface area contributed by atoms with E-state index in [1.807, 2.05) is 66.9 Å². The summed E-state index contributed by atoms with van der Waals surface area (Å²) in [5.74, 6) is 0.754. The zero-order valence-electron chi connectivity index (χ0n) is 16.5. The van der Waals surface area contributed by atoms with Gasteiger partial charge in [0.05, 0.1) is 36.9 Å². The van der Waals surface area contributed by atoms with E-state index >= 15 is 0 Å². The predicted molar refractivity (Wildman–Crippen MR) is 112 cm³/mol. The lowest BCUT2D eigenvalue weighted by Gasteiger charge is -2.10. The average molecular weight is 384 g/mol. The molecule has 0 radical (unpaired) electrons. The van der Waals surface area contributed by atoms with Crippen molar-refractivity contribution in [3.05, 3.63) is 82.0 Å². The van der Waals surface area contributed by atoms with Gasteiger partial charge in [-0.3, -0.25) is 4.79 Å². The Labute approximate surface area is 168 Å². The number of aryl methyl sites for hydroxylation is 2. The molecular formula is C23H20N4O2. The standard InChI is InChI=1S/C23H20N4O2/c1-15-21-14-25-27(19-8-4-6-17(12-19)10-11-24)23(28)22(21)16(2)26(15)18-7-5-9-20(13-18)29-3/h4-9,12-14H,10H2,1-3H3. The third kappa shape index (κ3) is 3.07. The molecule has 0 spiro atoms. The molecule has 29 heavy (non-hydrogen) atoms. The van der Waals surface area contributed by atoms with E-state index in [-0.39, 0.29) is 12.0 Å². The molecular weight excluding hydrogens is 364 g/mol. The topological polar surface area (TPSA) is 72.8 Å². The van der Waals surface area contributed by atoms with Crippen LogP contribution in [0.5, 0.6) is 5.75 Å². The normalized spacial score (nSPS) is 10.8. The minimum atomic E-state index is -0.182. The largest absolute Gasteiger partial charge is 0.497 e. The molecule has 144 valence electrons. The van der Waals surface area contributed by atoms with E-state index in [1.54, 1.807) is 13.3 Å². The van der Waals surface area contributed by atoms with Crippen LogP contribution in [0.1, 0.15) is 17.0 Å². The first-order chi connectivity index (χ1) is 14.0. The van der Waals surface area contributed by atoms with Gasteiger partial charge in [0, 0.05) is 28.5 Å². The Balaban J connectivity index is 1.94. The molecule has 0 amide bonds. The lowest BCUT2D eigenvalue weighted by molar-refractivity contribution is 0.414. The van der Waals surface area contributed by atoms with E-state index in [4.69, 9.17) is 10.00 Å². The molecule has 2 aromatic heterocycles. The van der Waals surface area contributed by atoms with Gasteiger partial charge in [-0.2, -0.15) is 15.0 Å². The van der Waals surface area contributed by atoms with E-state index in [0.29, 0.717) is 11.1 Å². The van der Waals surface area contributed by atoms with Crippen molar-refractivity contribution in [2.45, 2.75) is 20.3 Å². The van der Waals surface area contributed by atoms with Gasteiger partial charge in [0.1, 0.15) is 5.75 Å². The number of nitriles is 1. The van der Waals surface area contributed by atoms with Crippen LogP contribution in [0.4, 0.5) is 0 Å². The summed E-state index contributed by atoms with van der Waals surface area (Å²) in [4.78, 5) is 13.3. The second kappa shape index (κ2) is 7.28. The highest BCUT2D eigenvalue weighted by Gasteiger charge is 2.18. The van der Waals surface area contributed by atoms with Gasteiger partial charge in [-0.05, 0) is 43.7 Å². The summed E-state index contributed by atoms with van der Waals surface area (Å²) in [5.41, 5.74) is 4.04. The minimum absolute atomic E-state index is 0.182. The molecule has 0 saturated carbocycles. The predicted octanol–water partition coefficient (Wildman–Crippen LogP) is 3.87. The Morgan fingerprint density at radius 2 is 1.83 bits per heavy atom. The summed E-state index contributed by atoms with van der Waals surface area (Å²) in [6.45, 7) is 3.92. The van der Waals surface area contributed by atoms with Gasteiger partial charge in [0.25, 0.3) is 5.56 Å². The molecule has 0 unspecified atom stereocenters. The van der Waals surface area contributed by atoms with Crippen LogP contribution in [0.3, 0.4) is 0 Å². The van der Waals surface area contributed by atoms with Crippen LogP contribution in [-0.4, -0.2) is 21.5 Å². The Bertz CT molecular complexity index is 1330. The van der Waals surface area contributed by atoms with Crippen LogP contribution < -0.4 is 10.3 Å². The molecule has 6 nitrogen and oxygen atoms in total. The number of hydrogen-bond donors (Lipinski definition) is 0. The van der Waals surface area contributed by atoms with Crippen LogP contribution in [-0.2, 0) is 6.42 Å². The molecule has 2 heterocycles. The van der Waals surface area contributed by atoms with Crippen molar-refractivity contribution in [2.24, 2.45) is 0 Å². The zero-order chi connectivity index (χ0) is 20.5. The van der Waals surface area contributed by atoms with Crippen LogP contribution in [0.15, 0.2) is 59.5 Å². The second-order valence-electron chi connectivity index (χ2n) is 6.86. The molecule has 0 aliphatic rings. The molecule has 0 aliphatic carbocycles. The Hall–Kier alpha value is -3.85. The molecule has 0 N–H and O–H groups in total. The highest BCUT2D eigenvalue weighted by molar-refractivity contribution is 5.88. The lowest BCUT2D eigenvalue weighted by atomic mass is 10.1. The first kappa shape index (κ1) is 18.5. The van der Waals surface area contributed by atoms with Crippen molar-refractivity contribution >= 4 is 10.8 Å². The monoisotopic (exact) mass is 384 g/mol. The summed E-state index contributed by atoms with van der Waals surface area (Å²) in [7, 11) is 1.63. The Morgan fingerprint density at radius 1 is 1.07 bits per heavy atom. The quantitative estimate of drug-likeness (QED) is 0.535. The second-order valence-corrected chi connectivity index (χ2v) is 6.86. The van der Waals surface area contributed by atoms with E-state index in [9.17, 15) is 4.79 Å². The van der Waals surface area contributed by atoms with Gasteiger partial charge in [-0.1, -0.05) is 18.2 Å². The van der Waals surface area contributed by atoms with Crippen molar-refractivity contribution in [1.29, 1.82) is 5.26 Å². The van der Waals surface area contributed by atoms with Crippen molar-refractivity contribution < 1.29 is 4.74 Å².